The number of hydrogen-bond donors (Lipinski definition) is 2. The quantitative estimate of drug-likeness (QED) is 0.542. The molecule has 1 atom stereocenters. The van der Waals surface area contributed by atoms with Crippen molar-refractivity contribution in [2.45, 2.75) is 26.7 Å². The molecule has 2 N–H and O–H groups in total. The smallest absolute Gasteiger partial charge is 0.0491 e. The SMILES string of the molecule is CCC(C)CC(=N)C=N. The van der Waals surface area contributed by atoms with E-state index >= 15 is 0 Å². The highest BCUT2D eigenvalue weighted by Gasteiger charge is 1.99. The molecule has 0 aliphatic heterocycles. The van der Waals surface area contributed by atoms with Crippen LogP contribution in [0, 0.1) is 16.7 Å². The predicted octanol–water partition coefficient (Wildman–Crippen LogP) is 2.09. The van der Waals surface area contributed by atoms with Crippen LogP contribution < -0.4 is 0 Å². The molecule has 0 heterocycles. The molecule has 0 bridgehead atoms. The van der Waals surface area contributed by atoms with Gasteiger partial charge in [-0.25, -0.2) is 0 Å². The highest BCUT2D eigenvalue weighted by atomic mass is 14.5. The Morgan fingerprint density at radius 3 is 2.56 bits per heavy atom. The summed E-state index contributed by atoms with van der Waals surface area (Å²) in [5.41, 5.74) is 0.435. The maximum absolute atomic E-state index is 7.13. The fourth-order valence-corrected chi connectivity index (χ4v) is 0.579. The fourth-order valence-electron chi connectivity index (χ4n) is 0.579. The third kappa shape index (κ3) is 3.88. The summed E-state index contributed by atoms with van der Waals surface area (Å²) in [7, 11) is 0. The summed E-state index contributed by atoms with van der Waals surface area (Å²) in [4.78, 5) is 0. The molecule has 0 aromatic heterocycles. The van der Waals surface area contributed by atoms with Gasteiger partial charge in [-0.15, -0.1) is 0 Å². The van der Waals surface area contributed by atoms with Crippen molar-refractivity contribution in [3.05, 3.63) is 0 Å². The zero-order valence-electron chi connectivity index (χ0n) is 6.07. The largest absolute Gasteiger partial charge is 0.307 e. The first-order valence-corrected chi connectivity index (χ1v) is 3.28. The van der Waals surface area contributed by atoms with Gasteiger partial charge in [0.1, 0.15) is 0 Å². The number of hydrogen-bond acceptors (Lipinski definition) is 2. The summed E-state index contributed by atoms with van der Waals surface area (Å²) in [6, 6.07) is 0. The highest BCUT2D eigenvalue weighted by molar-refractivity contribution is 6.27. The van der Waals surface area contributed by atoms with Crippen LogP contribution in [0.1, 0.15) is 26.7 Å². The molecule has 0 rings (SSSR count). The molecule has 0 aromatic carbocycles. The Bertz CT molecular complexity index is 107. The summed E-state index contributed by atoms with van der Waals surface area (Å²) in [6.45, 7) is 4.19. The standard InChI is InChI=1S/C7H14N2/c1-3-6(2)4-7(9)5-8/h5-6,8-9H,3-4H2,1-2H3. The van der Waals surface area contributed by atoms with Crippen molar-refractivity contribution in [2.24, 2.45) is 5.92 Å². The average molecular weight is 126 g/mol. The lowest BCUT2D eigenvalue weighted by atomic mass is 10.0. The monoisotopic (exact) mass is 126 g/mol. The van der Waals surface area contributed by atoms with Crippen molar-refractivity contribution >= 4 is 11.9 Å². The molecule has 9 heavy (non-hydrogen) atoms. The van der Waals surface area contributed by atoms with Gasteiger partial charge in [0.2, 0.25) is 0 Å². The molecule has 0 radical (unpaired) electrons. The van der Waals surface area contributed by atoms with Crippen LogP contribution in [-0.2, 0) is 0 Å². The van der Waals surface area contributed by atoms with Crippen LogP contribution in [0.15, 0.2) is 0 Å². The number of nitrogens with one attached hydrogen (secondary N) is 2. The van der Waals surface area contributed by atoms with Crippen molar-refractivity contribution in [3.8, 4) is 0 Å². The van der Waals surface area contributed by atoms with Gasteiger partial charge in [0.25, 0.3) is 0 Å². The zero-order valence-corrected chi connectivity index (χ0v) is 6.07. The van der Waals surface area contributed by atoms with Crippen molar-refractivity contribution in [2.75, 3.05) is 0 Å². The lowest BCUT2D eigenvalue weighted by molar-refractivity contribution is 0.588. The van der Waals surface area contributed by atoms with E-state index in [0.29, 0.717) is 11.6 Å². The molecule has 52 valence electrons. The summed E-state index contributed by atoms with van der Waals surface area (Å²) in [6.07, 6.45) is 2.96. The van der Waals surface area contributed by atoms with Crippen molar-refractivity contribution < 1.29 is 0 Å². The third-order valence-corrected chi connectivity index (χ3v) is 1.44. The van der Waals surface area contributed by atoms with Crippen LogP contribution in [-0.4, -0.2) is 11.9 Å². The van der Waals surface area contributed by atoms with Crippen LogP contribution >= 0.6 is 0 Å². The van der Waals surface area contributed by atoms with Gasteiger partial charge in [0.05, 0.1) is 0 Å². The predicted molar refractivity (Wildman–Crippen MR) is 40.6 cm³/mol. The van der Waals surface area contributed by atoms with Crippen LogP contribution in [0.4, 0.5) is 0 Å². The van der Waals surface area contributed by atoms with E-state index in [2.05, 4.69) is 13.8 Å². The second-order valence-electron chi connectivity index (χ2n) is 2.39. The van der Waals surface area contributed by atoms with Crippen LogP contribution in [0.25, 0.3) is 0 Å². The normalized spacial score (nSPS) is 12.7. The van der Waals surface area contributed by atoms with Crippen molar-refractivity contribution in [3.63, 3.8) is 0 Å². The molecule has 2 nitrogen and oxygen atoms in total. The molecular weight excluding hydrogens is 112 g/mol. The molecule has 0 aliphatic carbocycles. The first-order valence-electron chi connectivity index (χ1n) is 3.28. The van der Waals surface area contributed by atoms with Crippen LogP contribution in [0.5, 0.6) is 0 Å². The van der Waals surface area contributed by atoms with Gasteiger partial charge in [-0.3, -0.25) is 0 Å². The summed E-state index contributed by atoms with van der Waals surface area (Å²) >= 11 is 0. The molecule has 0 aliphatic rings. The van der Waals surface area contributed by atoms with Gasteiger partial charge in [-0.2, -0.15) is 0 Å². The minimum atomic E-state index is 0.435. The minimum absolute atomic E-state index is 0.435. The van der Waals surface area contributed by atoms with E-state index in [1.165, 1.54) is 0 Å². The van der Waals surface area contributed by atoms with E-state index in [1.54, 1.807) is 0 Å². The van der Waals surface area contributed by atoms with Gasteiger partial charge in [0.15, 0.2) is 0 Å². The molecule has 0 saturated heterocycles. The van der Waals surface area contributed by atoms with Gasteiger partial charge < -0.3 is 10.8 Å². The fraction of sp³-hybridized carbons (Fsp3) is 0.714. The molecule has 0 amide bonds. The van der Waals surface area contributed by atoms with Crippen LogP contribution in [0.3, 0.4) is 0 Å². The molecule has 0 saturated carbocycles. The van der Waals surface area contributed by atoms with E-state index in [-0.39, 0.29) is 0 Å². The maximum atomic E-state index is 7.13. The van der Waals surface area contributed by atoms with Crippen molar-refractivity contribution in [1.29, 1.82) is 10.8 Å². The molecule has 0 aromatic rings. The Morgan fingerprint density at radius 2 is 2.22 bits per heavy atom. The molecule has 0 fully saturated rings. The summed E-state index contributed by atoms with van der Waals surface area (Å²) < 4.78 is 0. The maximum Gasteiger partial charge on any atom is 0.0491 e. The lowest BCUT2D eigenvalue weighted by Gasteiger charge is -2.04. The van der Waals surface area contributed by atoms with E-state index < -0.39 is 0 Å². The minimum Gasteiger partial charge on any atom is -0.307 e. The van der Waals surface area contributed by atoms with Gasteiger partial charge in [-0.1, -0.05) is 20.3 Å². The molecular formula is C7H14N2. The van der Waals surface area contributed by atoms with E-state index in [1.807, 2.05) is 0 Å². The van der Waals surface area contributed by atoms with E-state index in [9.17, 15) is 0 Å². The summed E-state index contributed by atoms with van der Waals surface area (Å²) in [5, 5.41) is 13.9. The molecule has 2 heteroatoms. The number of rotatable bonds is 4. The van der Waals surface area contributed by atoms with Crippen molar-refractivity contribution in [1.82, 2.24) is 0 Å². The lowest BCUT2D eigenvalue weighted by Crippen LogP contribution is -2.03. The molecule has 1 unspecified atom stereocenters. The Kier molecular flexibility index (Phi) is 3.93. The topological polar surface area (TPSA) is 47.7 Å². The Labute approximate surface area is 56.3 Å². The first kappa shape index (κ1) is 8.34. The average Bonchev–Trinajstić information content (AvgIpc) is 1.87. The Morgan fingerprint density at radius 1 is 1.67 bits per heavy atom. The zero-order chi connectivity index (χ0) is 7.28. The second kappa shape index (κ2) is 4.24. The van der Waals surface area contributed by atoms with Gasteiger partial charge in [0, 0.05) is 11.9 Å². The van der Waals surface area contributed by atoms with Gasteiger partial charge >= 0.3 is 0 Å². The summed E-state index contributed by atoms with van der Waals surface area (Å²) in [5.74, 6) is 0.555. The first-order chi connectivity index (χ1) is 4.20. The highest BCUT2D eigenvalue weighted by Crippen LogP contribution is 2.05. The van der Waals surface area contributed by atoms with Crippen LogP contribution in [0.2, 0.25) is 0 Å². The third-order valence-electron chi connectivity index (χ3n) is 1.44. The van der Waals surface area contributed by atoms with E-state index in [4.69, 9.17) is 10.8 Å². The Hall–Kier alpha value is -0.660. The van der Waals surface area contributed by atoms with E-state index in [0.717, 1.165) is 19.1 Å². The second-order valence-corrected chi connectivity index (χ2v) is 2.39. The molecule has 0 spiro atoms. The Balaban J connectivity index is 3.46. The van der Waals surface area contributed by atoms with Gasteiger partial charge in [-0.05, 0) is 12.3 Å².